The van der Waals surface area contributed by atoms with Crippen molar-refractivity contribution in [1.29, 1.82) is 0 Å². The summed E-state index contributed by atoms with van der Waals surface area (Å²) in [5.41, 5.74) is 2.41. The molecule has 4 aliphatic rings. The zero-order chi connectivity index (χ0) is 13.9. The number of hydrogen-bond donors (Lipinski definition) is 0. The van der Waals surface area contributed by atoms with Crippen LogP contribution < -0.4 is 0 Å². The monoisotopic (exact) mass is 270 g/mol. The Morgan fingerprint density at radius 1 is 1.30 bits per heavy atom. The van der Waals surface area contributed by atoms with Crippen LogP contribution in [0.2, 0.25) is 0 Å². The molecule has 4 bridgehead atoms. The minimum atomic E-state index is -1.01. The highest BCUT2D eigenvalue weighted by Crippen LogP contribution is 2.59. The molecule has 20 heavy (non-hydrogen) atoms. The Kier molecular flexibility index (Phi) is 2.48. The topological polar surface area (TPSA) is 35.5 Å². The van der Waals surface area contributed by atoms with Gasteiger partial charge in [-0.05, 0) is 12.5 Å². The number of Topliss-reactive ketones (excluding diaryl/α,β-unsaturated/α-hetero) is 1. The van der Waals surface area contributed by atoms with Crippen molar-refractivity contribution in [3.05, 3.63) is 47.5 Å². The van der Waals surface area contributed by atoms with Crippen LogP contribution in [0, 0.1) is 17.8 Å². The SMILES string of the molecule is CO[C@]12OC[C@@H]3[C@@H](c4ccccc4)[C@@H](C1=O)C(C)=C[C@H]32. The predicted molar refractivity (Wildman–Crippen MR) is 74.1 cm³/mol. The molecule has 5 rings (SSSR count). The van der Waals surface area contributed by atoms with Crippen LogP contribution >= 0.6 is 0 Å². The summed E-state index contributed by atoms with van der Waals surface area (Å²) in [5, 5.41) is 0. The molecule has 1 heterocycles. The maximum Gasteiger partial charge on any atom is 0.236 e. The van der Waals surface area contributed by atoms with Crippen LogP contribution in [0.5, 0.6) is 0 Å². The highest BCUT2D eigenvalue weighted by atomic mass is 16.7. The van der Waals surface area contributed by atoms with Gasteiger partial charge in [-0.2, -0.15) is 0 Å². The Morgan fingerprint density at radius 3 is 2.75 bits per heavy atom. The van der Waals surface area contributed by atoms with Gasteiger partial charge in [0.05, 0.1) is 12.5 Å². The maximum atomic E-state index is 12.9. The molecule has 0 radical (unpaired) electrons. The molecule has 1 saturated carbocycles. The van der Waals surface area contributed by atoms with E-state index in [0.29, 0.717) is 12.5 Å². The van der Waals surface area contributed by atoms with Crippen molar-refractivity contribution in [1.82, 2.24) is 0 Å². The number of carbonyl (C=O) groups excluding carboxylic acids is 1. The molecular weight excluding hydrogens is 252 g/mol. The van der Waals surface area contributed by atoms with Gasteiger partial charge in [0, 0.05) is 24.9 Å². The molecule has 2 fully saturated rings. The molecule has 0 N–H and O–H groups in total. The molecule has 1 aliphatic heterocycles. The van der Waals surface area contributed by atoms with Gasteiger partial charge in [-0.3, -0.25) is 4.79 Å². The molecule has 1 aromatic rings. The Morgan fingerprint density at radius 2 is 2.05 bits per heavy atom. The summed E-state index contributed by atoms with van der Waals surface area (Å²) in [4.78, 5) is 12.9. The Balaban J connectivity index is 1.87. The van der Waals surface area contributed by atoms with E-state index >= 15 is 0 Å². The molecule has 5 atom stereocenters. The van der Waals surface area contributed by atoms with Crippen LogP contribution in [0.4, 0.5) is 0 Å². The largest absolute Gasteiger partial charge is 0.347 e. The van der Waals surface area contributed by atoms with Gasteiger partial charge in [-0.15, -0.1) is 0 Å². The summed E-state index contributed by atoms with van der Waals surface area (Å²) in [6.45, 7) is 2.66. The average molecular weight is 270 g/mol. The van der Waals surface area contributed by atoms with Crippen LogP contribution in [-0.4, -0.2) is 25.3 Å². The smallest absolute Gasteiger partial charge is 0.236 e. The molecule has 0 aromatic heterocycles. The minimum Gasteiger partial charge on any atom is -0.347 e. The number of methoxy groups -OCH3 is 1. The second-order valence-electron chi connectivity index (χ2n) is 6.06. The van der Waals surface area contributed by atoms with E-state index in [9.17, 15) is 4.79 Å². The molecule has 0 amide bonds. The number of benzene rings is 1. The number of ether oxygens (including phenoxy) is 2. The van der Waals surface area contributed by atoms with E-state index in [1.807, 2.05) is 18.2 Å². The van der Waals surface area contributed by atoms with Crippen molar-refractivity contribution in [2.75, 3.05) is 13.7 Å². The van der Waals surface area contributed by atoms with Gasteiger partial charge >= 0.3 is 0 Å². The first-order valence-electron chi connectivity index (χ1n) is 7.15. The van der Waals surface area contributed by atoms with Crippen LogP contribution in [0.1, 0.15) is 18.4 Å². The average Bonchev–Trinajstić information content (AvgIpc) is 2.80. The zero-order valence-corrected chi connectivity index (χ0v) is 11.7. The van der Waals surface area contributed by atoms with E-state index in [0.717, 1.165) is 0 Å². The third kappa shape index (κ3) is 1.30. The van der Waals surface area contributed by atoms with Gasteiger partial charge < -0.3 is 9.47 Å². The third-order valence-electron chi connectivity index (χ3n) is 5.26. The lowest BCUT2D eigenvalue weighted by molar-refractivity contribution is -0.216. The fraction of sp³-hybridized carbons (Fsp3) is 0.471. The maximum absolute atomic E-state index is 12.9. The molecule has 104 valence electrons. The number of rotatable bonds is 2. The molecule has 1 aromatic carbocycles. The van der Waals surface area contributed by atoms with Crippen molar-refractivity contribution in [2.45, 2.75) is 18.6 Å². The van der Waals surface area contributed by atoms with Crippen molar-refractivity contribution in [3.63, 3.8) is 0 Å². The van der Waals surface area contributed by atoms with E-state index in [1.165, 1.54) is 11.1 Å². The Bertz CT molecular complexity index is 592. The Hall–Kier alpha value is -1.45. The third-order valence-corrected chi connectivity index (χ3v) is 5.26. The lowest BCUT2D eigenvalue weighted by Crippen LogP contribution is -2.58. The van der Waals surface area contributed by atoms with Crippen LogP contribution in [-0.2, 0) is 14.3 Å². The second-order valence-corrected chi connectivity index (χ2v) is 6.06. The van der Waals surface area contributed by atoms with Gasteiger partial charge in [0.2, 0.25) is 5.79 Å². The number of hydrogen-bond acceptors (Lipinski definition) is 3. The van der Waals surface area contributed by atoms with Crippen molar-refractivity contribution in [2.24, 2.45) is 17.8 Å². The van der Waals surface area contributed by atoms with E-state index in [2.05, 4.69) is 25.1 Å². The first-order chi connectivity index (χ1) is 9.69. The van der Waals surface area contributed by atoms with Gasteiger partial charge in [0.15, 0.2) is 5.78 Å². The predicted octanol–water partition coefficient (Wildman–Crippen LogP) is 2.53. The second kappa shape index (κ2) is 4.03. The molecular formula is C17H18O3. The Labute approximate surface area is 118 Å². The zero-order valence-electron chi connectivity index (χ0n) is 11.7. The molecule has 3 nitrogen and oxygen atoms in total. The molecule has 1 saturated heterocycles. The summed E-state index contributed by atoms with van der Waals surface area (Å²) >= 11 is 0. The molecule has 3 aliphatic carbocycles. The summed E-state index contributed by atoms with van der Waals surface area (Å²) in [7, 11) is 1.58. The fourth-order valence-corrected chi connectivity index (χ4v) is 4.41. The summed E-state index contributed by atoms with van der Waals surface area (Å²) in [5.74, 6) is -0.397. The minimum absolute atomic E-state index is 0.0511. The standard InChI is InChI=1S/C17H18O3/c1-10-8-13-12-9-20-17(13,19-2)16(18)14(10)15(12)11-6-4-3-5-7-11/h3-8,12-15H,9H2,1-2H3/t12-,13+,14-,15+,17+/m0/s1. The van der Waals surface area contributed by atoms with Gasteiger partial charge in [-0.1, -0.05) is 42.0 Å². The van der Waals surface area contributed by atoms with Crippen LogP contribution in [0.3, 0.4) is 0 Å². The van der Waals surface area contributed by atoms with E-state index in [4.69, 9.17) is 9.47 Å². The number of allylic oxidation sites excluding steroid dienone is 1. The van der Waals surface area contributed by atoms with E-state index < -0.39 is 5.79 Å². The van der Waals surface area contributed by atoms with Crippen molar-refractivity contribution >= 4 is 5.78 Å². The molecule has 3 heteroatoms. The lowest BCUT2D eigenvalue weighted by Gasteiger charge is -2.48. The fourth-order valence-electron chi connectivity index (χ4n) is 4.41. The van der Waals surface area contributed by atoms with Crippen LogP contribution in [0.15, 0.2) is 42.0 Å². The summed E-state index contributed by atoms with van der Waals surface area (Å²) in [6, 6.07) is 10.3. The highest BCUT2D eigenvalue weighted by molar-refractivity contribution is 5.95. The number of carbonyl (C=O) groups is 1. The molecule has 0 spiro atoms. The normalized spacial score (nSPS) is 41.9. The highest BCUT2D eigenvalue weighted by Gasteiger charge is 2.67. The molecule has 0 unspecified atom stereocenters. The lowest BCUT2D eigenvalue weighted by atomic mass is 9.56. The number of ketones is 1. The van der Waals surface area contributed by atoms with E-state index in [-0.39, 0.29) is 23.5 Å². The van der Waals surface area contributed by atoms with E-state index in [1.54, 1.807) is 7.11 Å². The first kappa shape index (κ1) is 12.3. The first-order valence-corrected chi connectivity index (χ1v) is 7.15. The van der Waals surface area contributed by atoms with Gasteiger partial charge in [0.1, 0.15) is 0 Å². The van der Waals surface area contributed by atoms with Gasteiger partial charge in [-0.25, -0.2) is 0 Å². The van der Waals surface area contributed by atoms with Gasteiger partial charge in [0.25, 0.3) is 0 Å². The van der Waals surface area contributed by atoms with Crippen LogP contribution in [0.25, 0.3) is 0 Å². The summed E-state index contributed by atoms with van der Waals surface area (Å²) < 4.78 is 11.4. The summed E-state index contributed by atoms with van der Waals surface area (Å²) in [6.07, 6.45) is 2.20. The van der Waals surface area contributed by atoms with Crippen molar-refractivity contribution in [3.8, 4) is 0 Å². The van der Waals surface area contributed by atoms with Crippen molar-refractivity contribution < 1.29 is 14.3 Å². The quantitative estimate of drug-likeness (QED) is 0.775.